The zero-order valence-electron chi connectivity index (χ0n) is 9.57. The van der Waals surface area contributed by atoms with E-state index in [2.05, 4.69) is 0 Å². The van der Waals surface area contributed by atoms with Gasteiger partial charge in [0.05, 0.1) is 5.56 Å². The topological polar surface area (TPSA) is 35.5 Å². The van der Waals surface area contributed by atoms with Gasteiger partial charge in [0.2, 0.25) is 0 Å². The minimum atomic E-state index is -0.353. The lowest BCUT2D eigenvalue weighted by Crippen LogP contribution is -2.17. The van der Waals surface area contributed by atoms with Gasteiger partial charge in [-0.15, -0.1) is 0 Å². The highest BCUT2D eigenvalue weighted by molar-refractivity contribution is 6.56. The molecule has 18 heavy (non-hydrogen) atoms. The van der Waals surface area contributed by atoms with Crippen molar-refractivity contribution in [3.05, 3.63) is 46.1 Å². The number of ether oxygens (including phenoxy) is 2. The standard InChI is InChI=1S/C13H12Cl2O3/c14-12(15)11-7-6-10(18-11)8-17-13(16)9-4-2-1-3-5-9/h1-5,10H,6-8H2/t10-/m1/s1. The number of esters is 1. The Labute approximate surface area is 115 Å². The van der Waals surface area contributed by atoms with Crippen LogP contribution in [0, 0.1) is 0 Å². The largest absolute Gasteiger partial charge is 0.489 e. The number of allylic oxidation sites excluding steroid dienone is 1. The molecule has 96 valence electrons. The fraction of sp³-hybridized carbons (Fsp3) is 0.308. The first-order valence-electron chi connectivity index (χ1n) is 5.60. The molecule has 3 nitrogen and oxygen atoms in total. The third-order valence-corrected chi connectivity index (χ3v) is 3.04. The molecule has 1 aliphatic heterocycles. The van der Waals surface area contributed by atoms with E-state index in [0.29, 0.717) is 17.7 Å². The smallest absolute Gasteiger partial charge is 0.338 e. The van der Waals surface area contributed by atoms with Crippen LogP contribution in [0.2, 0.25) is 0 Å². The van der Waals surface area contributed by atoms with Crippen LogP contribution in [-0.2, 0) is 9.47 Å². The van der Waals surface area contributed by atoms with Gasteiger partial charge >= 0.3 is 5.97 Å². The maximum absolute atomic E-state index is 11.7. The molecule has 0 radical (unpaired) electrons. The molecule has 2 rings (SSSR count). The SMILES string of the molecule is O=C(OC[C@H]1CCC(=C(Cl)Cl)O1)c1ccccc1. The molecule has 1 fully saturated rings. The molecule has 1 aromatic rings. The Morgan fingerprint density at radius 1 is 1.33 bits per heavy atom. The molecule has 1 atom stereocenters. The number of benzene rings is 1. The van der Waals surface area contributed by atoms with E-state index in [1.54, 1.807) is 24.3 Å². The van der Waals surface area contributed by atoms with Crippen molar-refractivity contribution >= 4 is 29.2 Å². The summed E-state index contributed by atoms with van der Waals surface area (Å²) in [4.78, 5) is 11.7. The van der Waals surface area contributed by atoms with E-state index in [9.17, 15) is 4.79 Å². The van der Waals surface area contributed by atoms with E-state index in [0.717, 1.165) is 6.42 Å². The van der Waals surface area contributed by atoms with E-state index in [1.165, 1.54) is 0 Å². The van der Waals surface area contributed by atoms with Crippen molar-refractivity contribution in [2.24, 2.45) is 0 Å². The van der Waals surface area contributed by atoms with Gasteiger partial charge in [0.1, 0.15) is 23.0 Å². The summed E-state index contributed by atoms with van der Waals surface area (Å²) in [6.07, 6.45) is 1.26. The van der Waals surface area contributed by atoms with E-state index in [4.69, 9.17) is 32.7 Å². The third-order valence-electron chi connectivity index (χ3n) is 2.62. The molecule has 0 aliphatic carbocycles. The van der Waals surface area contributed by atoms with Crippen molar-refractivity contribution in [2.75, 3.05) is 6.61 Å². The first-order valence-corrected chi connectivity index (χ1v) is 6.35. The minimum Gasteiger partial charge on any atom is -0.489 e. The van der Waals surface area contributed by atoms with E-state index >= 15 is 0 Å². The Bertz CT molecular complexity index is 453. The van der Waals surface area contributed by atoms with Gasteiger partial charge in [-0.05, 0) is 18.6 Å². The van der Waals surface area contributed by atoms with Gasteiger partial charge in [0.15, 0.2) is 0 Å². The molecule has 1 aliphatic rings. The van der Waals surface area contributed by atoms with E-state index in [-0.39, 0.29) is 23.2 Å². The Kier molecular flexibility index (Phi) is 4.50. The lowest BCUT2D eigenvalue weighted by molar-refractivity contribution is 0.0260. The fourth-order valence-electron chi connectivity index (χ4n) is 1.69. The van der Waals surface area contributed by atoms with Crippen molar-refractivity contribution in [1.29, 1.82) is 0 Å². The van der Waals surface area contributed by atoms with Crippen LogP contribution in [0.5, 0.6) is 0 Å². The maximum atomic E-state index is 11.7. The number of hydrogen-bond donors (Lipinski definition) is 0. The molecular weight excluding hydrogens is 275 g/mol. The molecule has 1 saturated heterocycles. The van der Waals surface area contributed by atoms with Crippen molar-refractivity contribution in [2.45, 2.75) is 18.9 Å². The lowest BCUT2D eigenvalue weighted by atomic mass is 10.2. The maximum Gasteiger partial charge on any atom is 0.338 e. The van der Waals surface area contributed by atoms with Crippen LogP contribution in [0.25, 0.3) is 0 Å². The zero-order chi connectivity index (χ0) is 13.0. The zero-order valence-corrected chi connectivity index (χ0v) is 11.1. The van der Waals surface area contributed by atoms with Gasteiger partial charge in [-0.1, -0.05) is 41.4 Å². The highest BCUT2D eigenvalue weighted by atomic mass is 35.5. The summed E-state index contributed by atoms with van der Waals surface area (Å²) in [6.45, 7) is 0.207. The summed E-state index contributed by atoms with van der Waals surface area (Å²) in [5.41, 5.74) is 0.529. The normalized spacial score (nSPS) is 18.3. The number of rotatable bonds is 3. The van der Waals surface area contributed by atoms with Crippen LogP contribution in [0.1, 0.15) is 23.2 Å². The number of halogens is 2. The van der Waals surface area contributed by atoms with Crippen LogP contribution in [0.15, 0.2) is 40.6 Å². The third kappa shape index (κ3) is 3.40. The second-order valence-corrected chi connectivity index (χ2v) is 4.88. The fourth-order valence-corrected chi connectivity index (χ4v) is 1.97. The van der Waals surface area contributed by atoms with Crippen LogP contribution in [0.4, 0.5) is 0 Å². The Hall–Kier alpha value is -1.19. The van der Waals surface area contributed by atoms with Gasteiger partial charge in [-0.25, -0.2) is 4.79 Å². The second kappa shape index (κ2) is 6.12. The molecule has 0 saturated carbocycles. The highest BCUT2D eigenvalue weighted by Crippen LogP contribution is 2.29. The molecule has 5 heteroatoms. The second-order valence-electron chi connectivity index (χ2n) is 3.93. The predicted octanol–water partition coefficient (Wildman–Crippen LogP) is 3.67. The minimum absolute atomic E-state index is 0.145. The van der Waals surface area contributed by atoms with Crippen LogP contribution < -0.4 is 0 Å². The molecule has 1 aromatic carbocycles. The summed E-state index contributed by atoms with van der Waals surface area (Å²) < 4.78 is 10.8. The van der Waals surface area contributed by atoms with Gasteiger partial charge in [0, 0.05) is 6.42 Å². The predicted molar refractivity (Wildman–Crippen MR) is 69.6 cm³/mol. The van der Waals surface area contributed by atoms with Gasteiger partial charge in [-0.3, -0.25) is 0 Å². The summed E-state index contributed by atoms with van der Waals surface area (Å²) in [5.74, 6) is 0.215. The van der Waals surface area contributed by atoms with Gasteiger partial charge in [0.25, 0.3) is 0 Å². The number of carbonyl (C=O) groups excluding carboxylic acids is 1. The Morgan fingerprint density at radius 3 is 2.67 bits per heavy atom. The number of carbonyl (C=O) groups is 1. The molecule has 0 bridgehead atoms. The average molecular weight is 287 g/mol. The average Bonchev–Trinajstić information content (AvgIpc) is 2.86. The van der Waals surface area contributed by atoms with Crippen LogP contribution >= 0.6 is 23.2 Å². The quantitative estimate of drug-likeness (QED) is 0.796. The van der Waals surface area contributed by atoms with Crippen LogP contribution in [-0.4, -0.2) is 18.7 Å². The monoisotopic (exact) mass is 286 g/mol. The van der Waals surface area contributed by atoms with E-state index < -0.39 is 0 Å². The van der Waals surface area contributed by atoms with Crippen molar-refractivity contribution in [1.82, 2.24) is 0 Å². The molecule has 0 aromatic heterocycles. The van der Waals surface area contributed by atoms with Crippen molar-refractivity contribution in [3.8, 4) is 0 Å². The molecule has 0 unspecified atom stereocenters. The summed E-state index contributed by atoms with van der Waals surface area (Å²) >= 11 is 11.2. The lowest BCUT2D eigenvalue weighted by Gasteiger charge is -2.11. The molecule has 0 amide bonds. The van der Waals surface area contributed by atoms with Crippen LogP contribution in [0.3, 0.4) is 0 Å². The Morgan fingerprint density at radius 2 is 2.06 bits per heavy atom. The van der Waals surface area contributed by atoms with Gasteiger partial charge in [-0.2, -0.15) is 0 Å². The molecular formula is C13H12Cl2O3. The van der Waals surface area contributed by atoms with Crippen molar-refractivity contribution < 1.29 is 14.3 Å². The Balaban J connectivity index is 1.83. The van der Waals surface area contributed by atoms with Crippen molar-refractivity contribution in [3.63, 3.8) is 0 Å². The number of hydrogen-bond acceptors (Lipinski definition) is 3. The molecule has 1 heterocycles. The molecule has 0 spiro atoms. The van der Waals surface area contributed by atoms with E-state index in [1.807, 2.05) is 6.07 Å². The summed E-state index contributed by atoms with van der Waals surface area (Å²) in [6, 6.07) is 8.83. The highest BCUT2D eigenvalue weighted by Gasteiger charge is 2.24. The van der Waals surface area contributed by atoms with Gasteiger partial charge < -0.3 is 9.47 Å². The summed E-state index contributed by atoms with van der Waals surface area (Å²) in [5, 5.41) is 0. The first-order chi connectivity index (χ1) is 8.66. The first kappa shape index (κ1) is 13.2. The molecule has 0 N–H and O–H groups in total. The summed E-state index contributed by atoms with van der Waals surface area (Å²) in [7, 11) is 0.